The van der Waals surface area contributed by atoms with Crippen LogP contribution in [-0.4, -0.2) is 68.7 Å². The second-order valence-corrected chi connectivity index (χ2v) is 7.71. The number of hydrogen-bond donors (Lipinski definition) is 1. The molecule has 1 aliphatic heterocycles. The van der Waals surface area contributed by atoms with E-state index in [4.69, 9.17) is 9.47 Å². The van der Waals surface area contributed by atoms with Crippen molar-refractivity contribution in [2.45, 2.75) is 6.10 Å². The van der Waals surface area contributed by atoms with Crippen LogP contribution < -0.4 is 9.64 Å². The first-order chi connectivity index (χ1) is 13.6. The fourth-order valence-electron chi connectivity index (χ4n) is 3.16. The zero-order valence-electron chi connectivity index (χ0n) is 16.6. The van der Waals surface area contributed by atoms with Crippen molar-refractivity contribution in [2.24, 2.45) is 0 Å². The second kappa shape index (κ2) is 14.1. The van der Waals surface area contributed by atoms with Crippen LogP contribution in [0, 0.1) is 5.82 Å². The van der Waals surface area contributed by atoms with Gasteiger partial charge in [-0.25, -0.2) is 4.39 Å². The zero-order valence-corrected chi connectivity index (χ0v) is 19.8. The van der Waals surface area contributed by atoms with Crippen molar-refractivity contribution in [2.75, 3.05) is 57.4 Å². The minimum absolute atomic E-state index is 0. The highest BCUT2D eigenvalue weighted by Crippen LogP contribution is 2.17. The van der Waals surface area contributed by atoms with Crippen LogP contribution in [0.15, 0.2) is 53.0 Å². The van der Waals surface area contributed by atoms with Crippen LogP contribution in [0.2, 0.25) is 0 Å². The number of benzene rings is 2. The minimum atomic E-state index is -0.523. The molecule has 0 bridgehead atoms. The van der Waals surface area contributed by atoms with Gasteiger partial charge in [0, 0.05) is 42.9 Å². The van der Waals surface area contributed by atoms with E-state index in [1.165, 1.54) is 12.1 Å². The van der Waals surface area contributed by atoms with E-state index in [0.717, 1.165) is 42.1 Å². The third kappa shape index (κ3) is 8.96. The number of halogens is 4. The van der Waals surface area contributed by atoms with E-state index in [9.17, 15) is 9.50 Å². The van der Waals surface area contributed by atoms with Crippen molar-refractivity contribution in [3.63, 3.8) is 0 Å². The SMILES string of the molecule is Cl.Cl.OC(COCCOc1ccc(Br)cc1)CN1CCN(c2ccc(F)cc2)CC1. The van der Waals surface area contributed by atoms with Gasteiger partial charge in [0.15, 0.2) is 0 Å². The highest BCUT2D eigenvalue weighted by atomic mass is 79.9. The lowest BCUT2D eigenvalue weighted by molar-refractivity contribution is 0.00718. The molecule has 30 heavy (non-hydrogen) atoms. The van der Waals surface area contributed by atoms with Crippen LogP contribution in [0.3, 0.4) is 0 Å². The van der Waals surface area contributed by atoms with E-state index in [2.05, 4.69) is 25.7 Å². The molecule has 5 nitrogen and oxygen atoms in total. The molecule has 2 aromatic carbocycles. The first kappa shape index (κ1) is 26.9. The van der Waals surface area contributed by atoms with E-state index in [1.807, 2.05) is 36.4 Å². The summed E-state index contributed by atoms with van der Waals surface area (Å²) in [5.74, 6) is 0.583. The molecule has 1 heterocycles. The van der Waals surface area contributed by atoms with Crippen molar-refractivity contribution in [3.05, 3.63) is 58.8 Å². The van der Waals surface area contributed by atoms with Crippen molar-refractivity contribution in [3.8, 4) is 5.75 Å². The average Bonchev–Trinajstić information content (AvgIpc) is 2.70. The van der Waals surface area contributed by atoms with Gasteiger partial charge in [0.2, 0.25) is 0 Å². The average molecular weight is 526 g/mol. The van der Waals surface area contributed by atoms with Gasteiger partial charge in [0.1, 0.15) is 18.2 Å². The molecule has 1 saturated heterocycles. The predicted molar refractivity (Wildman–Crippen MR) is 126 cm³/mol. The van der Waals surface area contributed by atoms with Gasteiger partial charge in [-0.1, -0.05) is 15.9 Å². The molecular weight excluding hydrogens is 498 g/mol. The molecule has 1 aliphatic rings. The fraction of sp³-hybridized carbons (Fsp3) is 0.429. The Labute approximate surface area is 198 Å². The van der Waals surface area contributed by atoms with Gasteiger partial charge >= 0.3 is 0 Å². The normalized spacial score (nSPS) is 15.1. The molecule has 3 rings (SSSR count). The number of rotatable bonds is 9. The summed E-state index contributed by atoms with van der Waals surface area (Å²) in [6.07, 6.45) is -0.523. The van der Waals surface area contributed by atoms with Crippen LogP contribution in [0.25, 0.3) is 0 Å². The maximum absolute atomic E-state index is 13.0. The first-order valence-corrected chi connectivity index (χ1v) is 10.3. The molecular formula is C21H28BrCl2FN2O3. The number of piperazine rings is 1. The largest absolute Gasteiger partial charge is 0.491 e. The third-order valence-corrected chi connectivity index (χ3v) is 5.18. The highest BCUT2D eigenvalue weighted by molar-refractivity contribution is 9.10. The van der Waals surface area contributed by atoms with E-state index in [-0.39, 0.29) is 30.6 Å². The van der Waals surface area contributed by atoms with Crippen molar-refractivity contribution >= 4 is 46.4 Å². The summed E-state index contributed by atoms with van der Waals surface area (Å²) in [5, 5.41) is 10.2. The topological polar surface area (TPSA) is 45.2 Å². The third-order valence-electron chi connectivity index (χ3n) is 4.65. The number of anilines is 1. The summed E-state index contributed by atoms with van der Waals surface area (Å²) >= 11 is 3.38. The Morgan fingerprint density at radius 1 is 0.933 bits per heavy atom. The van der Waals surface area contributed by atoms with Crippen LogP contribution >= 0.6 is 40.7 Å². The van der Waals surface area contributed by atoms with Gasteiger partial charge in [-0.3, -0.25) is 4.90 Å². The molecule has 1 fully saturated rings. The lowest BCUT2D eigenvalue weighted by atomic mass is 10.2. The van der Waals surface area contributed by atoms with Crippen molar-refractivity contribution in [1.82, 2.24) is 4.90 Å². The van der Waals surface area contributed by atoms with E-state index >= 15 is 0 Å². The molecule has 1 atom stereocenters. The highest BCUT2D eigenvalue weighted by Gasteiger charge is 2.19. The lowest BCUT2D eigenvalue weighted by Gasteiger charge is -2.36. The number of β-amino-alcohol motifs (C(OH)–C–C–N with tert-alkyl or cyclic N) is 1. The molecule has 0 aliphatic carbocycles. The second-order valence-electron chi connectivity index (χ2n) is 6.80. The number of ether oxygens (including phenoxy) is 2. The van der Waals surface area contributed by atoms with Gasteiger partial charge in [-0.2, -0.15) is 0 Å². The Morgan fingerprint density at radius 3 is 2.20 bits per heavy atom. The van der Waals surface area contributed by atoms with Crippen LogP contribution in [0.1, 0.15) is 0 Å². The summed E-state index contributed by atoms with van der Waals surface area (Å²) < 4.78 is 25.2. The van der Waals surface area contributed by atoms with E-state index in [0.29, 0.717) is 26.4 Å². The van der Waals surface area contributed by atoms with Gasteiger partial charge in [-0.15, -0.1) is 24.8 Å². The Bertz CT molecular complexity index is 717. The molecule has 0 saturated carbocycles. The number of nitrogens with zero attached hydrogens (tertiary/aromatic N) is 2. The number of aliphatic hydroxyl groups is 1. The number of hydrogen-bond acceptors (Lipinski definition) is 5. The Balaban J connectivity index is 0.00000225. The van der Waals surface area contributed by atoms with E-state index in [1.54, 1.807) is 0 Å². The summed E-state index contributed by atoms with van der Waals surface area (Å²) in [5.41, 5.74) is 1.04. The molecule has 168 valence electrons. The molecule has 1 N–H and O–H groups in total. The van der Waals surface area contributed by atoms with Gasteiger partial charge in [0.05, 0.1) is 19.3 Å². The van der Waals surface area contributed by atoms with Crippen LogP contribution in [0.5, 0.6) is 5.75 Å². The van der Waals surface area contributed by atoms with Gasteiger partial charge in [0.25, 0.3) is 0 Å². The predicted octanol–water partition coefficient (Wildman–Crippen LogP) is 4.01. The molecule has 9 heteroatoms. The molecule has 2 aromatic rings. The lowest BCUT2D eigenvalue weighted by Crippen LogP contribution is -2.49. The summed E-state index contributed by atoms with van der Waals surface area (Å²) in [6, 6.07) is 14.2. The fourth-order valence-corrected chi connectivity index (χ4v) is 3.42. The minimum Gasteiger partial charge on any atom is -0.491 e. The van der Waals surface area contributed by atoms with Crippen molar-refractivity contribution < 1.29 is 19.0 Å². The molecule has 0 radical (unpaired) electrons. The Morgan fingerprint density at radius 2 is 1.57 bits per heavy atom. The van der Waals surface area contributed by atoms with Crippen LogP contribution in [-0.2, 0) is 4.74 Å². The smallest absolute Gasteiger partial charge is 0.123 e. The van der Waals surface area contributed by atoms with Gasteiger partial charge in [-0.05, 0) is 48.5 Å². The molecule has 0 amide bonds. The molecule has 0 spiro atoms. The summed E-state index contributed by atoms with van der Waals surface area (Å²) in [6.45, 7) is 5.21. The molecule has 1 unspecified atom stereocenters. The van der Waals surface area contributed by atoms with Gasteiger partial charge < -0.3 is 19.5 Å². The van der Waals surface area contributed by atoms with E-state index < -0.39 is 6.10 Å². The quantitative estimate of drug-likeness (QED) is 0.501. The first-order valence-electron chi connectivity index (χ1n) is 9.47. The summed E-state index contributed by atoms with van der Waals surface area (Å²) in [4.78, 5) is 4.46. The Hall–Kier alpha value is -1.09. The summed E-state index contributed by atoms with van der Waals surface area (Å²) in [7, 11) is 0. The standard InChI is InChI=1S/C21H26BrFN2O3.2ClH/c22-17-1-7-21(8-2-17)28-14-13-27-16-20(26)15-24-9-11-25(12-10-24)19-5-3-18(23)4-6-19;;/h1-8,20,26H,9-16H2;2*1H. The van der Waals surface area contributed by atoms with Crippen molar-refractivity contribution in [1.29, 1.82) is 0 Å². The maximum atomic E-state index is 13.0. The zero-order chi connectivity index (χ0) is 19.8. The Kier molecular flexibility index (Phi) is 12.6. The number of aliphatic hydroxyl groups excluding tert-OH is 1. The maximum Gasteiger partial charge on any atom is 0.123 e. The monoisotopic (exact) mass is 524 g/mol. The van der Waals surface area contributed by atoms with Crippen LogP contribution in [0.4, 0.5) is 10.1 Å². The molecule has 0 aromatic heterocycles.